The Hall–Kier alpha value is -2.97. The highest BCUT2D eigenvalue weighted by atomic mass is 19.1. The molecule has 37 heavy (non-hydrogen) atoms. The molecule has 2 N–H and O–H groups in total. The minimum Gasteiger partial charge on any atom is -0.447 e. The molecule has 2 aromatic carbocycles. The summed E-state index contributed by atoms with van der Waals surface area (Å²) < 4.78 is 26.2. The van der Waals surface area contributed by atoms with Gasteiger partial charge in [0.2, 0.25) is 5.91 Å². The number of carbonyl (C=O) groups excluding carboxylic acids is 2. The predicted molar refractivity (Wildman–Crippen MR) is 140 cm³/mol. The molecule has 0 aromatic heterocycles. The molecule has 2 fully saturated rings. The van der Waals surface area contributed by atoms with Crippen LogP contribution in [0.2, 0.25) is 0 Å². The molecule has 2 saturated heterocycles. The van der Waals surface area contributed by atoms with Gasteiger partial charge in [-0.05, 0) is 74.3 Å². The lowest BCUT2D eigenvalue weighted by molar-refractivity contribution is -0.131. The first kappa shape index (κ1) is 27.1. The van der Waals surface area contributed by atoms with Crippen molar-refractivity contribution in [1.82, 2.24) is 9.80 Å². The molecule has 4 rings (SSSR count). The van der Waals surface area contributed by atoms with E-state index in [0.717, 1.165) is 55.5 Å². The highest BCUT2D eigenvalue weighted by Crippen LogP contribution is 2.24. The first-order valence-electron chi connectivity index (χ1n) is 13.3. The van der Waals surface area contributed by atoms with Gasteiger partial charge in [-0.15, -0.1) is 0 Å². The Balaban J connectivity index is 1.26. The topological polar surface area (TPSA) is 85.1 Å². The van der Waals surface area contributed by atoms with E-state index in [4.69, 9.17) is 15.2 Å². The molecule has 7 nitrogen and oxygen atoms in total. The monoisotopic (exact) mass is 511 g/mol. The van der Waals surface area contributed by atoms with E-state index in [9.17, 15) is 14.0 Å². The largest absolute Gasteiger partial charge is 0.447 e. The molecule has 2 aliphatic rings. The van der Waals surface area contributed by atoms with Gasteiger partial charge in [-0.2, -0.15) is 0 Å². The van der Waals surface area contributed by atoms with Crippen LogP contribution < -0.4 is 5.73 Å². The molecule has 8 heteroatoms. The van der Waals surface area contributed by atoms with Gasteiger partial charge in [0, 0.05) is 26.2 Å². The highest BCUT2D eigenvalue weighted by Gasteiger charge is 2.26. The van der Waals surface area contributed by atoms with Crippen molar-refractivity contribution in [2.75, 3.05) is 26.2 Å². The number of rotatable bonds is 8. The minimum atomic E-state index is -0.723. The summed E-state index contributed by atoms with van der Waals surface area (Å²) in [5.74, 6) is -0.448. The van der Waals surface area contributed by atoms with Crippen LogP contribution in [0.5, 0.6) is 0 Å². The Kier molecular flexibility index (Phi) is 9.16. The third-order valence-electron chi connectivity index (χ3n) is 7.04. The molecule has 0 spiro atoms. The molecule has 0 bridgehead atoms. The maximum Gasteiger partial charge on any atom is 0.410 e. The molecule has 0 aliphatic carbocycles. The molecule has 200 valence electrons. The Bertz CT molecular complexity index is 1060. The van der Waals surface area contributed by atoms with Crippen LogP contribution in [0.1, 0.15) is 50.7 Å². The number of nitrogens with two attached hydrogens (primary N) is 1. The van der Waals surface area contributed by atoms with E-state index in [0.29, 0.717) is 25.3 Å². The molecule has 2 aliphatic heterocycles. The SMILES string of the molecule is CC(C)OC(=O)N1CCC(OCc2ccc(-c3ccc(CC(N)C(=O)N4CCCC4)c(F)c3)cc2)CC1. The molecule has 2 aromatic rings. The Labute approximate surface area is 218 Å². The number of nitrogens with zero attached hydrogens (tertiary/aromatic N) is 2. The van der Waals surface area contributed by atoms with Crippen LogP contribution >= 0.6 is 0 Å². The second-order valence-electron chi connectivity index (χ2n) is 10.3. The van der Waals surface area contributed by atoms with Crippen molar-refractivity contribution in [3.8, 4) is 11.1 Å². The van der Waals surface area contributed by atoms with Crippen LogP contribution in [0.15, 0.2) is 42.5 Å². The Morgan fingerprint density at radius 1 is 0.973 bits per heavy atom. The van der Waals surface area contributed by atoms with Crippen LogP contribution in [0.25, 0.3) is 11.1 Å². The van der Waals surface area contributed by atoms with Gasteiger partial charge in [-0.25, -0.2) is 9.18 Å². The van der Waals surface area contributed by atoms with Crippen molar-refractivity contribution in [3.63, 3.8) is 0 Å². The zero-order valence-electron chi connectivity index (χ0n) is 21.8. The number of halogens is 1. The van der Waals surface area contributed by atoms with E-state index in [-0.39, 0.29) is 36.4 Å². The van der Waals surface area contributed by atoms with E-state index in [2.05, 4.69) is 0 Å². The van der Waals surface area contributed by atoms with E-state index >= 15 is 0 Å². The highest BCUT2D eigenvalue weighted by molar-refractivity contribution is 5.82. The first-order valence-corrected chi connectivity index (χ1v) is 13.3. The van der Waals surface area contributed by atoms with Crippen LogP contribution in [0, 0.1) is 5.82 Å². The summed E-state index contributed by atoms with van der Waals surface area (Å²) in [7, 11) is 0. The average Bonchev–Trinajstić information content (AvgIpc) is 3.43. The Morgan fingerprint density at radius 2 is 1.62 bits per heavy atom. The molecule has 0 saturated carbocycles. The fourth-order valence-corrected chi connectivity index (χ4v) is 4.88. The molecule has 1 unspecified atom stereocenters. The summed E-state index contributed by atoms with van der Waals surface area (Å²) in [6.07, 6.45) is 3.49. The fraction of sp³-hybridized carbons (Fsp3) is 0.517. The van der Waals surface area contributed by atoms with Gasteiger partial charge in [-0.1, -0.05) is 36.4 Å². The summed E-state index contributed by atoms with van der Waals surface area (Å²) in [5.41, 5.74) is 9.26. The number of carbonyl (C=O) groups is 2. The maximum absolute atomic E-state index is 14.8. The van der Waals surface area contributed by atoms with Gasteiger partial charge in [0.1, 0.15) is 5.82 Å². The average molecular weight is 512 g/mol. The second kappa shape index (κ2) is 12.5. The van der Waals surface area contributed by atoms with E-state index in [1.165, 1.54) is 6.07 Å². The number of amides is 2. The maximum atomic E-state index is 14.8. The molecule has 2 amide bonds. The van der Waals surface area contributed by atoms with Gasteiger partial charge in [0.05, 0.1) is 24.9 Å². The van der Waals surface area contributed by atoms with Crippen molar-refractivity contribution in [3.05, 3.63) is 59.4 Å². The van der Waals surface area contributed by atoms with Crippen LogP contribution in [0.3, 0.4) is 0 Å². The van der Waals surface area contributed by atoms with E-state index in [1.54, 1.807) is 15.9 Å². The first-order chi connectivity index (χ1) is 17.8. The minimum absolute atomic E-state index is 0.0991. The van der Waals surface area contributed by atoms with Crippen LogP contribution in [-0.2, 0) is 27.3 Å². The van der Waals surface area contributed by atoms with Crippen molar-refractivity contribution < 1.29 is 23.5 Å². The molecule has 1 atom stereocenters. The van der Waals surface area contributed by atoms with Gasteiger partial charge in [-0.3, -0.25) is 4.79 Å². The summed E-state index contributed by atoms with van der Waals surface area (Å²) in [6, 6.07) is 12.3. The van der Waals surface area contributed by atoms with Gasteiger partial charge < -0.3 is 25.0 Å². The summed E-state index contributed by atoms with van der Waals surface area (Å²) in [5, 5.41) is 0. The summed E-state index contributed by atoms with van der Waals surface area (Å²) >= 11 is 0. The lowest BCUT2D eigenvalue weighted by Crippen LogP contribution is -2.43. The Morgan fingerprint density at radius 3 is 2.24 bits per heavy atom. The number of hydrogen-bond donors (Lipinski definition) is 1. The fourth-order valence-electron chi connectivity index (χ4n) is 4.88. The third kappa shape index (κ3) is 7.29. The van der Waals surface area contributed by atoms with Crippen molar-refractivity contribution in [2.24, 2.45) is 5.73 Å². The van der Waals surface area contributed by atoms with Gasteiger partial charge in [0.25, 0.3) is 0 Å². The van der Waals surface area contributed by atoms with Crippen LogP contribution in [0.4, 0.5) is 9.18 Å². The predicted octanol–water partition coefficient (Wildman–Crippen LogP) is 4.51. The number of ether oxygens (including phenoxy) is 2. The van der Waals surface area contributed by atoms with Crippen molar-refractivity contribution >= 4 is 12.0 Å². The number of likely N-dealkylation sites (tertiary alicyclic amines) is 2. The lowest BCUT2D eigenvalue weighted by atomic mass is 9.99. The zero-order chi connectivity index (χ0) is 26.4. The normalized spacial score (nSPS) is 17.3. The van der Waals surface area contributed by atoms with Crippen LogP contribution in [-0.4, -0.2) is 66.2 Å². The summed E-state index contributed by atoms with van der Waals surface area (Å²) in [4.78, 5) is 28.0. The summed E-state index contributed by atoms with van der Waals surface area (Å²) in [6.45, 7) is 6.92. The number of benzene rings is 2. The number of hydrogen-bond acceptors (Lipinski definition) is 5. The van der Waals surface area contributed by atoms with Crippen molar-refractivity contribution in [2.45, 2.75) is 70.8 Å². The number of piperidine rings is 1. The zero-order valence-corrected chi connectivity index (χ0v) is 21.8. The smallest absolute Gasteiger partial charge is 0.410 e. The van der Waals surface area contributed by atoms with Gasteiger partial charge in [0.15, 0.2) is 0 Å². The molecular formula is C29H38FN3O4. The molecule has 0 radical (unpaired) electrons. The molecular weight excluding hydrogens is 473 g/mol. The lowest BCUT2D eigenvalue weighted by Gasteiger charge is -2.31. The standard InChI is InChI=1S/C29H38FN3O4/c1-20(2)37-29(35)33-15-11-25(12-16-33)36-19-21-5-7-22(8-6-21)23-9-10-24(26(30)17-23)18-27(31)28(34)32-13-3-4-14-32/h5-10,17,20,25,27H,3-4,11-16,18-19,31H2,1-2H3. The molecule has 2 heterocycles. The quantitative estimate of drug-likeness (QED) is 0.564. The van der Waals surface area contributed by atoms with Crippen molar-refractivity contribution in [1.29, 1.82) is 0 Å². The van der Waals surface area contributed by atoms with E-state index in [1.807, 2.05) is 44.2 Å². The third-order valence-corrected chi connectivity index (χ3v) is 7.04. The van der Waals surface area contributed by atoms with Gasteiger partial charge >= 0.3 is 6.09 Å². The van der Waals surface area contributed by atoms with E-state index < -0.39 is 6.04 Å². The second-order valence-corrected chi connectivity index (χ2v) is 10.3.